The monoisotopic (exact) mass is 354 g/mol. The van der Waals surface area contributed by atoms with E-state index in [1.165, 1.54) is 6.07 Å². The first-order valence-corrected chi connectivity index (χ1v) is 7.13. The fourth-order valence-corrected chi connectivity index (χ4v) is 2.41. The summed E-state index contributed by atoms with van der Waals surface area (Å²) in [5.41, 5.74) is 1.58. The highest BCUT2D eigenvalue weighted by molar-refractivity contribution is 9.10. The number of aromatic carboxylic acids is 1. The summed E-state index contributed by atoms with van der Waals surface area (Å²) >= 11 is 9.45. The Morgan fingerprint density at radius 2 is 2.15 bits per heavy atom. The molecular weight excluding hydrogens is 344 g/mol. The van der Waals surface area contributed by atoms with E-state index in [-0.39, 0.29) is 5.56 Å². The Balaban J connectivity index is 2.37. The van der Waals surface area contributed by atoms with Crippen LogP contribution in [0.2, 0.25) is 5.02 Å². The summed E-state index contributed by atoms with van der Waals surface area (Å²) in [5.74, 6) is -0.516. The van der Waals surface area contributed by atoms with Crippen LogP contribution >= 0.6 is 27.5 Å². The smallest absolute Gasteiger partial charge is 0.335 e. The van der Waals surface area contributed by atoms with Crippen LogP contribution in [-0.2, 0) is 6.42 Å². The van der Waals surface area contributed by atoms with Crippen LogP contribution in [0.3, 0.4) is 0 Å². The van der Waals surface area contributed by atoms with Crippen LogP contribution in [0.15, 0.2) is 34.8 Å². The first-order chi connectivity index (χ1) is 9.49. The van der Waals surface area contributed by atoms with Crippen molar-refractivity contribution in [3.63, 3.8) is 0 Å². The molecule has 0 aliphatic carbocycles. The maximum Gasteiger partial charge on any atom is 0.335 e. The van der Waals surface area contributed by atoms with Gasteiger partial charge in [-0.15, -0.1) is 0 Å². The zero-order valence-corrected chi connectivity index (χ0v) is 13.0. The van der Waals surface area contributed by atoms with E-state index in [0.29, 0.717) is 28.6 Å². The molecule has 2 N–H and O–H groups in total. The number of aryl methyl sites for hydroxylation is 1. The Morgan fingerprint density at radius 3 is 2.75 bits per heavy atom. The molecule has 104 valence electrons. The van der Waals surface area contributed by atoms with Crippen molar-refractivity contribution in [2.45, 2.75) is 13.3 Å². The van der Waals surface area contributed by atoms with Crippen molar-refractivity contribution in [2.24, 2.45) is 0 Å². The van der Waals surface area contributed by atoms with Gasteiger partial charge in [-0.2, -0.15) is 0 Å². The van der Waals surface area contributed by atoms with E-state index in [2.05, 4.69) is 26.2 Å². The minimum absolute atomic E-state index is 0.201. The van der Waals surface area contributed by atoms with E-state index in [1.807, 2.05) is 13.0 Å². The second-order valence-electron chi connectivity index (χ2n) is 4.14. The van der Waals surface area contributed by atoms with Crippen LogP contribution < -0.4 is 5.32 Å². The molecule has 1 heterocycles. The summed E-state index contributed by atoms with van der Waals surface area (Å²) in [6, 6.07) is 8.45. The number of carbonyl (C=O) groups is 1. The number of pyridine rings is 1. The molecule has 0 atom stereocenters. The number of nitrogens with zero attached hydrogens (tertiary/aromatic N) is 1. The molecule has 0 fully saturated rings. The number of anilines is 2. The molecule has 0 spiro atoms. The molecule has 6 heteroatoms. The quantitative estimate of drug-likeness (QED) is 0.847. The third kappa shape index (κ3) is 3.49. The number of nitrogens with one attached hydrogen (secondary N) is 1. The van der Waals surface area contributed by atoms with Crippen molar-refractivity contribution in [3.05, 3.63) is 51.1 Å². The molecule has 0 bridgehead atoms. The van der Waals surface area contributed by atoms with Gasteiger partial charge >= 0.3 is 5.97 Å². The SMILES string of the molecule is CCc1cc(C(=O)O)cc(Nc2ccc(Br)cc2Cl)n1. The van der Waals surface area contributed by atoms with Gasteiger partial charge in [0.15, 0.2) is 0 Å². The number of hydrogen-bond donors (Lipinski definition) is 2. The number of carboxylic acids is 1. The van der Waals surface area contributed by atoms with Gasteiger partial charge < -0.3 is 10.4 Å². The van der Waals surface area contributed by atoms with Crippen LogP contribution in [0.5, 0.6) is 0 Å². The molecule has 0 aliphatic rings. The molecule has 1 aromatic heterocycles. The van der Waals surface area contributed by atoms with Crippen LogP contribution in [0, 0.1) is 0 Å². The summed E-state index contributed by atoms with van der Waals surface area (Å²) < 4.78 is 0.870. The Bertz CT molecular complexity index is 662. The summed E-state index contributed by atoms with van der Waals surface area (Å²) in [7, 11) is 0. The van der Waals surface area contributed by atoms with E-state index >= 15 is 0 Å². The third-order valence-corrected chi connectivity index (χ3v) is 3.49. The lowest BCUT2D eigenvalue weighted by Crippen LogP contribution is -2.03. The molecular formula is C14H12BrClN2O2. The number of benzene rings is 1. The second-order valence-corrected chi connectivity index (χ2v) is 5.46. The van der Waals surface area contributed by atoms with Crippen molar-refractivity contribution in [1.29, 1.82) is 0 Å². The molecule has 20 heavy (non-hydrogen) atoms. The van der Waals surface area contributed by atoms with E-state index in [4.69, 9.17) is 16.7 Å². The number of rotatable bonds is 4. The molecule has 2 aromatic rings. The van der Waals surface area contributed by atoms with Crippen LogP contribution in [0.1, 0.15) is 23.0 Å². The molecule has 2 rings (SSSR count). The molecule has 0 amide bonds. The average molecular weight is 356 g/mol. The fraction of sp³-hybridized carbons (Fsp3) is 0.143. The summed E-state index contributed by atoms with van der Waals surface area (Å²) in [5, 5.41) is 12.7. The molecule has 0 radical (unpaired) electrons. The minimum atomic E-state index is -0.980. The van der Waals surface area contributed by atoms with E-state index in [0.717, 1.165) is 4.47 Å². The highest BCUT2D eigenvalue weighted by Gasteiger charge is 2.09. The molecule has 0 aliphatic heterocycles. The zero-order valence-electron chi connectivity index (χ0n) is 10.7. The lowest BCUT2D eigenvalue weighted by Gasteiger charge is -2.10. The predicted octanol–water partition coefficient (Wildman–Crippen LogP) is 4.50. The van der Waals surface area contributed by atoms with Gasteiger partial charge in [-0.05, 0) is 36.8 Å². The van der Waals surface area contributed by atoms with Crippen LogP contribution in [0.25, 0.3) is 0 Å². The van der Waals surface area contributed by atoms with E-state index in [1.54, 1.807) is 18.2 Å². The van der Waals surface area contributed by atoms with Crippen molar-refractivity contribution in [1.82, 2.24) is 4.98 Å². The molecule has 0 saturated carbocycles. The van der Waals surface area contributed by atoms with Crippen molar-refractivity contribution >= 4 is 45.0 Å². The minimum Gasteiger partial charge on any atom is -0.478 e. The maximum atomic E-state index is 11.1. The molecule has 0 saturated heterocycles. The van der Waals surface area contributed by atoms with Gasteiger partial charge in [0.1, 0.15) is 5.82 Å². The van der Waals surface area contributed by atoms with Gasteiger partial charge in [0.25, 0.3) is 0 Å². The standard InChI is InChI=1S/C14H12BrClN2O2/c1-2-10-5-8(14(19)20)6-13(17-10)18-12-4-3-9(15)7-11(12)16/h3-7H,2H2,1H3,(H,17,18)(H,19,20). The topological polar surface area (TPSA) is 62.2 Å². The van der Waals surface area contributed by atoms with Crippen LogP contribution in [-0.4, -0.2) is 16.1 Å². The summed E-state index contributed by atoms with van der Waals surface area (Å²) in [4.78, 5) is 15.4. The maximum absolute atomic E-state index is 11.1. The number of aromatic nitrogens is 1. The van der Waals surface area contributed by atoms with Gasteiger partial charge in [-0.1, -0.05) is 34.5 Å². The Labute approximate surface area is 129 Å². The van der Waals surface area contributed by atoms with Gasteiger partial charge in [0, 0.05) is 10.2 Å². The number of halogens is 2. The first kappa shape index (κ1) is 14.8. The summed E-state index contributed by atoms with van der Waals surface area (Å²) in [6.07, 6.45) is 0.657. The Hall–Kier alpha value is -1.59. The average Bonchev–Trinajstić information content (AvgIpc) is 2.41. The molecule has 4 nitrogen and oxygen atoms in total. The van der Waals surface area contributed by atoms with E-state index in [9.17, 15) is 4.79 Å². The van der Waals surface area contributed by atoms with Gasteiger partial charge in [0.2, 0.25) is 0 Å². The van der Waals surface area contributed by atoms with Crippen LogP contribution in [0.4, 0.5) is 11.5 Å². The lowest BCUT2D eigenvalue weighted by molar-refractivity contribution is 0.0696. The van der Waals surface area contributed by atoms with Gasteiger partial charge in [0.05, 0.1) is 16.3 Å². The third-order valence-electron chi connectivity index (χ3n) is 2.68. The van der Waals surface area contributed by atoms with Crippen molar-refractivity contribution in [3.8, 4) is 0 Å². The predicted molar refractivity (Wildman–Crippen MR) is 83.0 cm³/mol. The first-order valence-electron chi connectivity index (χ1n) is 5.96. The van der Waals surface area contributed by atoms with E-state index < -0.39 is 5.97 Å². The Kier molecular flexibility index (Phi) is 4.62. The molecule has 1 aromatic carbocycles. The normalized spacial score (nSPS) is 10.3. The summed E-state index contributed by atoms with van der Waals surface area (Å²) in [6.45, 7) is 1.92. The second kappa shape index (κ2) is 6.24. The Morgan fingerprint density at radius 1 is 1.40 bits per heavy atom. The number of carboxylic acid groups (broad SMARTS) is 1. The molecule has 0 unspecified atom stereocenters. The van der Waals surface area contributed by atoms with Crippen molar-refractivity contribution < 1.29 is 9.90 Å². The highest BCUT2D eigenvalue weighted by Crippen LogP contribution is 2.28. The highest BCUT2D eigenvalue weighted by atomic mass is 79.9. The fourth-order valence-electron chi connectivity index (χ4n) is 1.69. The zero-order chi connectivity index (χ0) is 14.7. The lowest BCUT2D eigenvalue weighted by atomic mass is 10.2. The largest absolute Gasteiger partial charge is 0.478 e. The van der Waals surface area contributed by atoms with Gasteiger partial charge in [-0.25, -0.2) is 9.78 Å². The van der Waals surface area contributed by atoms with Gasteiger partial charge in [-0.3, -0.25) is 0 Å². The van der Waals surface area contributed by atoms with Crippen molar-refractivity contribution in [2.75, 3.05) is 5.32 Å². The number of hydrogen-bond acceptors (Lipinski definition) is 3.